The number of hydrogen-bond acceptors (Lipinski definition) is 0. The first-order valence-corrected chi connectivity index (χ1v) is 7.05. The molecule has 2 aromatic carbocycles. The minimum Gasteiger partial charge on any atom is -0.207 e. The maximum atomic E-state index is 13.9. The molecule has 4 heteroatoms. The Balaban J connectivity index is 2.49. The molecule has 0 amide bonds. The van der Waals surface area contributed by atoms with Gasteiger partial charge in [0.1, 0.15) is 11.6 Å². The monoisotopic (exact) mass is 344 g/mol. The Kier molecular flexibility index (Phi) is 4.26. The van der Waals surface area contributed by atoms with E-state index in [2.05, 4.69) is 15.9 Å². The maximum Gasteiger partial charge on any atom is 0.128 e. The Labute approximate surface area is 124 Å². The summed E-state index contributed by atoms with van der Waals surface area (Å²) in [5.41, 5.74) is 2.27. The summed E-state index contributed by atoms with van der Waals surface area (Å²) in [6.07, 6.45) is 0. The van der Waals surface area contributed by atoms with E-state index in [1.807, 2.05) is 19.1 Å². The van der Waals surface area contributed by atoms with E-state index in [1.54, 1.807) is 6.07 Å². The van der Waals surface area contributed by atoms with Crippen molar-refractivity contribution in [3.05, 3.63) is 69.2 Å². The van der Waals surface area contributed by atoms with Crippen LogP contribution < -0.4 is 0 Å². The molecule has 19 heavy (non-hydrogen) atoms. The van der Waals surface area contributed by atoms with Gasteiger partial charge in [-0.3, -0.25) is 0 Å². The Morgan fingerprint density at radius 3 is 2.32 bits per heavy atom. The van der Waals surface area contributed by atoms with Gasteiger partial charge in [-0.05, 0) is 48.7 Å². The van der Waals surface area contributed by atoms with E-state index in [0.717, 1.165) is 11.1 Å². The molecule has 0 bridgehead atoms. The molecule has 0 aliphatic carbocycles. The summed E-state index contributed by atoms with van der Waals surface area (Å²) in [4.78, 5) is -0.476. The van der Waals surface area contributed by atoms with E-state index >= 15 is 0 Å². The summed E-state index contributed by atoms with van der Waals surface area (Å²) in [5, 5.41) is 0.530. The Morgan fingerprint density at radius 2 is 1.68 bits per heavy atom. The van der Waals surface area contributed by atoms with Crippen molar-refractivity contribution in [1.29, 1.82) is 0 Å². The topological polar surface area (TPSA) is 0 Å². The van der Waals surface area contributed by atoms with Crippen molar-refractivity contribution in [3.8, 4) is 0 Å². The van der Waals surface area contributed by atoms with E-state index in [9.17, 15) is 8.78 Å². The van der Waals surface area contributed by atoms with Crippen molar-refractivity contribution in [2.75, 3.05) is 0 Å². The molecule has 0 aliphatic heterocycles. The lowest BCUT2D eigenvalue weighted by Crippen LogP contribution is -2.00. The highest BCUT2D eigenvalue weighted by atomic mass is 79.9. The average molecular weight is 346 g/mol. The van der Waals surface area contributed by atoms with E-state index in [-0.39, 0.29) is 11.1 Å². The molecule has 0 fully saturated rings. The lowest BCUT2D eigenvalue weighted by atomic mass is 10.0. The molecule has 2 aromatic rings. The van der Waals surface area contributed by atoms with Crippen LogP contribution in [0.1, 0.15) is 27.1 Å². The maximum absolute atomic E-state index is 13.9. The summed E-state index contributed by atoms with van der Waals surface area (Å²) in [5.74, 6) is -0.874. The molecule has 1 unspecified atom stereocenters. The zero-order chi connectivity index (χ0) is 14.2. The van der Waals surface area contributed by atoms with Crippen molar-refractivity contribution in [2.45, 2.75) is 18.7 Å². The van der Waals surface area contributed by atoms with Crippen molar-refractivity contribution in [3.63, 3.8) is 0 Å². The Morgan fingerprint density at radius 1 is 1.00 bits per heavy atom. The number of benzene rings is 2. The number of alkyl halides is 1. The normalized spacial score (nSPS) is 12.5. The van der Waals surface area contributed by atoms with Crippen LogP contribution >= 0.6 is 27.5 Å². The van der Waals surface area contributed by atoms with Gasteiger partial charge in [0.25, 0.3) is 0 Å². The number of aryl methyl sites for hydroxylation is 2. The molecule has 0 saturated heterocycles. The first-order chi connectivity index (χ1) is 8.90. The largest absolute Gasteiger partial charge is 0.207 e. The van der Waals surface area contributed by atoms with Crippen LogP contribution in [0.25, 0.3) is 0 Å². The summed E-state index contributed by atoms with van der Waals surface area (Å²) in [6, 6.07) is 7.90. The highest BCUT2D eigenvalue weighted by Crippen LogP contribution is 2.37. The lowest BCUT2D eigenvalue weighted by molar-refractivity contribution is 0.581. The lowest BCUT2D eigenvalue weighted by Gasteiger charge is -2.15. The van der Waals surface area contributed by atoms with Crippen LogP contribution in [0.2, 0.25) is 5.02 Å². The minimum absolute atomic E-state index is 0.244. The highest BCUT2D eigenvalue weighted by Gasteiger charge is 2.19. The van der Waals surface area contributed by atoms with Gasteiger partial charge in [-0.25, -0.2) is 8.78 Å². The molecule has 0 aromatic heterocycles. The molecular weight excluding hydrogens is 334 g/mol. The van der Waals surface area contributed by atoms with Crippen molar-refractivity contribution in [2.24, 2.45) is 0 Å². The summed E-state index contributed by atoms with van der Waals surface area (Å²) < 4.78 is 27.5. The molecule has 0 N–H and O–H groups in total. The molecule has 2 rings (SSSR count). The molecule has 1 atom stereocenters. The van der Waals surface area contributed by atoms with Crippen molar-refractivity contribution >= 4 is 27.5 Å². The van der Waals surface area contributed by atoms with Gasteiger partial charge >= 0.3 is 0 Å². The number of hydrogen-bond donors (Lipinski definition) is 0. The highest BCUT2D eigenvalue weighted by molar-refractivity contribution is 9.09. The van der Waals surface area contributed by atoms with Crippen molar-refractivity contribution < 1.29 is 8.78 Å². The molecule has 0 nitrogen and oxygen atoms in total. The second-order valence-corrected chi connectivity index (χ2v) is 5.83. The molecular formula is C15H12BrClF2. The fourth-order valence-corrected chi connectivity index (χ4v) is 3.09. The van der Waals surface area contributed by atoms with Gasteiger partial charge < -0.3 is 0 Å². The summed E-state index contributed by atoms with van der Waals surface area (Å²) in [6.45, 7) is 3.45. The van der Waals surface area contributed by atoms with Gasteiger partial charge in [-0.2, -0.15) is 0 Å². The van der Waals surface area contributed by atoms with E-state index in [1.165, 1.54) is 19.1 Å². The molecule has 0 spiro atoms. The predicted octanol–water partition coefficient (Wildman–Crippen LogP) is 5.72. The zero-order valence-electron chi connectivity index (χ0n) is 10.5. The number of halogens is 4. The minimum atomic E-state index is -0.476. The molecule has 0 radical (unpaired) electrons. The van der Waals surface area contributed by atoms with E-state index in [4.69, 9.17) is 11.6 Å². The third-order valence-electron chi connectivity index (χ3n) is 2.98. The Hall–Kier alpha value is -0.930. The van der Waals surface area contributed by atoms with Crippen LogP contribution in [0.4, 0.5) is 8.78 Å². The standard InChI is InChI=1S/C15H12BrClF2/c1-8-3-4-10(12(17)5-8)15(16)11-7-13(18)9(2)6-14(11)19/h3-7,15H,1-2H3. The van der Waals surface area contributed by atoms with Gasteiger partial charge in [0, 0.05) is 10.6 Å². The summed E-state index contributed by atoms with van der Waals surface area (Å²) >= 11 is 9.54. The fraction of sp³-hybridized carbons (Fsp3) is 0.200. The second-order valence-electron chi connectivity index (χ2n) is 4.51. The SMILES string of the molecule is Cc1ccc(C(Br)c2cc(F)c(C)cc2F)c(Cl)c1. The van der Waals surface area contributed by atoms with Gasteiger partial charge in [0.15, 0.2) is 0 Å². The first kappa shape index (κ1) is 14.5. The van der Waals surface area contributed by atoms with E-state index < -0.39 is 16.5 Å². The zero-order valence-corrected chi connectivity index (χ0v) is 12.8. The quantitative estimate of drug-likeness (QED) is 0.611. The first-order valence-electron chi connectivity index (χ1n) is 5.76. The van der Waals surface area contributed by atoms with Crippen LogP contribution in [-0.4, -0.2) is 0 Å². The van der Waals surface area contributed by atoms with Gasteiger partial charge in [0.05, 0.1) is 4.83 Å². The second kappa shape index (κ2) is 5.59. The van der Waals surface area contributed by atoms with Crippen LogP contribution in [-0.2, 0) is 0 Å². The van der Waals surface area contributed by atoms with Crippen LogP contribution in [0.15, 0.2) is 30.3 Å². The smallest absolute Gasteiger partial charge is 0.128 e. The molecule has 0 heterocycles. The third-order valence-corrected chi connectivity index (χ3v) is 4.29. The third kappa shape index (κ3) is 2.98. The predicted molar refractivity (Wildman–Crippen MR) is 78.1 cm³/mol. The molecule has 100 valence electrons. The molecule has 0 saturated carbocycles. The van der Waals surface area contributed by atoms with Gasteiger partial charge in [-0.1, -0.05) is 39.7 Å². The van der Waals surface area contributed by atoms with Gasteiger partial charge in [0.2, 0.25) is 0 Å². The number of rotatable bonds is 2. The fourth-order valence-electron chi connectivity index (χ4n) is 1.86. The average Bonchev–Trinajstić information content (AvgIpc) is 2.33. The van der Waals surface area contributed by atoms with Crippen molar-refractivity contribution in [1.82, 2.24) is 0 Å². The van der Waals surface area contributed by atoms with Crippen LogP contribution in [0, 0.1) is 25.5 Å². The van der Waals surface area contributed by atoms with Gasteiger partial charge in [-0.15, -0.1) is 0 Å². The van der Waals surface area contributed by atoms with Crippen LogP contribution in [0.3, 0.4) is 0 Å². The van der Waals surface area contributed by atoms with Crippen LogP contribution in [0.5, 0.6) is 0 Å². The molecule has 0 aliphatic rings. The van der Waals surface area contributed by atoms with E-state index in [0.29, 0.717) is 5.02 Å². The summed E-state index contributed by atoms with van der Waals surface area (Å²) in [7, 11) is 0. The Bertz CT molecular complexity index is 626.